The highest BCUT2D eigenvalue weighted by Crippen LogP contribution is 2.24. The van der Waals surface area contributed by atoms with Gasteiger partial charge in [0.15, 0.2) is 0 Å². The summed E-state index contributed by atoms with van der Waals surface area (Å²) in [7, 11) is 0. The molecule has 0 fully saturated rings. The number of carbonyl (C=O) groups excluding carboxylic acids is 1. The van der Waals surface area contributed by atoms with E-state index in [1.54, 1.807) is 30.3 Å². The molecule has 120 valence electrons. The third-order valence-electron chi connectivity index (χ3n) is 3.49. The number of nitrogens with zero attached hydrogens (tertiary/aromatic N) is 1. The van der Waals surface area contributed by atoms with Crippen molar-refractivity contribution in [1.29, 1.82) is 0 Å². The van der Waals surface area contributed by atoms with Crippen molar-refractivity contribution in [3.63, 3.8) is 0 Å². The molecule has 6 N–H and O–H groups in total. The van der Waals surface area contributed by atoms with Crippen LogP contribution in [-0.4, -0.2) is 17.0 Å². The molecular weight excluding hydrogens is 304 g/mol. The maximum absolute atomic E-state index is 12.3. The lowest BCUT2D eigenvalue weighted by Gasteiger charge is -2.08. The number of fused-ring (bicyclic) bond motifs is 1. The Bertz CT molecular complexity index is 933. The second-order valence-electron chi connectivity index (χ2n) is 5.26. The van der Waals surface area contributed by atoms with Crippen molar-refractivity contribution in [2.24, 2.45) is 10.7 Å². The van der Waals surface area contributed by atoms with E-state index in [9.17, 15) is 9.90 Å². The number of amides is 1. The van der Waals surface area contributed by atoms with Crippen molar-refractivity contribution >= 4 is 34.0 Å². The maximum atomic E-state index is 12.3. The zero-order valence-corrected chi connectivity index (χ0v) is 12.7. The van der Waals surface area contributed by atoms with Crippen molar-refractivity contribution in [3.8, 4) is 5.75 Å². The smallest absolute Gasteiger partial charge is 0.261 e. The average molecular weight is 320 g/mol. The van der Waals surface area contributed by atoms with Gasteiger partial charge in [0.05, 0.1) is 11.3 Å². The molecule has 6 nitrogen and oxygen atoms in total. The lowest BCUT2D eigenvalue weighted by molar-refractivity contribution is 0.0974. The molecule has 0 aromatic heterocycles. The van der Waals surface area contributed by atoms with Crippen LogP contribution in [0.25, 0.3) is 10.8 Å². The molecule has 0 bridgehead atoms. The van der Waals surface area contributed by atoms with Gasteiger partial charge in [0, 0.05) is 5.69 Å². The molecule has 24 heavy (non-hydrogen) atoms. The number of nitrogens with two attached hydrogens (primary N) is 2. The molecule has 0 aliphatic rings. The van der Waals surface area contributed by atoms with Gasteiger partial charge in [-0.15, -0.1) is 0 Å². The number of hydrogen-bond acceptors (Lipinski definition) is 4. The topological polar surface area (TPSA) is 114 Å². The first-order chi connectivity index (χ1) is 11.5. The van der Waals surface area contributed by atoms with Gasteiger partial charge in [-0.2, -0.15) is 0 Å². The van der Waals surface area contributed by atoms with Crippen LogP contribution in [0.3, 0.4) is 0 Å². The van der Waals surface area contributed by atoms with Gasteiger partial charge in [0.1, 0.15) is 5.75 Å². The van der Waals surface area contributed by atoms with Crippen LogP contribution >= 0.6 is 0 Å². The molecule has 0 saturated heterocycles. The van der Waals surface area contributed by atoms with Crippen LogP contribution in [0.4, 0.5) is 11.4 Å². The molecular formula is C18H16N4O2. The number of nitrogen functional groups attached to an aromatic ring is 1. The molecule has 0 spiro atoms. The van der Waals surface area contributed by atoms with Gasteiger partial charge in [-0.25, -0.2) is 4.99 Å². The quantitative estimate of drug-likeness (QED) is 0.330. The second-order valence-corrected chi connectivity index (χ2v) is 5.26. The molecule has 0 heterocycles. The lowest BCUT2D eigenvalue weighted by atomic mass is 10.1. The number of nitrogens with one attached hydrogen (secondary N) is 1. The van der Waals surface area contributed by atoms with Crippen molar-refractivity contribution in [3.05, 3.63) is 66.2 Å². The largest absolute Gasteiger partial charge is 0.507 e. The molecule has 3 aromatic carbocycles. The third-order valence-corrected chi connectivity index (χ3v) is 3.49. The van der Waals surface area contributed by atoms with E-state index >= 15 is 0 Å². The number of guanidine groups is 1. The molecule has 0 saturated carbocycles. The fraction of sp³-hybridized carbons (Fsp3) is 0. The van der Waals surface area contributed by atoms with Gasteiger partial charge in [0.2, 0.25) is 5.96 Å². The summed E-state index contributed by atoms with van der Waals surface area (Å²) in [6.07, 6.45) is 0. The number of phenols is 1. The van der Waals surface area contributed by atoms with Crippen LogP contribution in [0, 0.1) is 0 Å². The Morgan fingerprint density at radius 2 is 1.62 bits per heavy atom. The zero-order valence-electron chi connectivity index (χ0n) is 12.7. The van der Waals surface area contributed by atoms with Gasteiger partial charge in [-0.05, 0) is 47.2 Å². The number of carbonyl (C=O) groups is 1. The molecule has 0 atom stereocenters. The van der Waals surface area contributed by atoms with Gasteiger partial charge in [-0.3, -0.25) is 10.1 Å². The molecule has 0 aliphatic heterocycles. The summed E-state index contributed by atoms with van der Waals surface area (Å²) in [6, 6.07) is 17.3. The van der Waals surface area contributed by atoms with Crippen molar-refractivity contribution in [2.75, 3.05) is 5.73 Å². The number of aromatic hydroxyl groups is 1. The highest BCUT2D eigenvalue weighted by Gasteiger charge is 2.13. The summed E-state index contributed by atoms with van der Waals surface area (Å²) in [6.45, 7) is 0. The molecule has 3 aromatic rings. The summed E-state index contributed by atoms with van der Waals surface area (Å²) < 4.78 is 0. The Kier molecular flexibility index (Phi) is 4.03. The Balaban J connectivity index is 1.84. The number of aliphatic imine (C=N–C) groups is 1. The fourth-order valence-electron chi connectivity index (χ4n) is 2.31. The fourth-order valence-corrected chi connectivity index (χ4v) is 2.31. The van der Waals surface area contributed by atoms with Crippen LogP contribution in [0.5, 0.6) is 5.75 Å². The number of phenolic OH excluding ortho intramolecular Hbond substituents is 1. The molecule has 6 heteroatoms. The van der Waals surface area contributed by atoms with Gasteiger partial charge >= 0.3 is 0 Å². The van der Waals surface area contributed by atoms with Crippen molar-refractivity contribution in [1.82, 2.24) is 5.32 Å². The molecule has 0 aliphatic carbocycles. The van der Waals surface area contributed by atoms with E-state index in [4.69, 9.17) is 11.5 Å². The highest BCUT2D eigenvalue weighted by atomic mass is 16.3. The van der Waals surface area contributed by atoms with Crippen LogP contribution in [0.1, 0.15) is 10.4 Å². The summed E-state index contributed by atoms with van der Waals surface area (Å²) >= 11 is 0. The van der Waals surface area contributed by atoms with Gasteiger partial charge < -0.3 is 16.6 Å². The zero-order chi connectivity index (χ0) is 17.1. The second kappa shape index (κ2) is 6.29. The minimum atomic E-state index is -0.532. The minimum Gasteiger partial charge on any atom is -0.507 e. The van der Waals surface area contributed by atoms with Crippen molar-refractivity contribution < 1.29 is 9.90 Å². The molecule has 0 radical (unpaired) electrons. The average Bonchev–Trinajstić information content (AvgIpc) is 2.56. The number of rotatable bonds is 2. The van der Waals surface area contributed by atoms with Crippen LogP contribution < -0.4 is 16.8 Å². The van der Waals surface area contributed by atoms with E-state index < -0.39 is 5.91 Å². The SMILES string of the molecule is NC(=Nc1ccc(N)cc1)NC(=O)c1cc2ccccc2cc1O. The van der Waals surface area contributed by atoms with Crippen LogP contribution in [0.2, 0.25) is 0 Å². The summed E-state index contributed by atoms with van der Waals surface area (Å²) in [5, 5.41) is 14.2. The van der Waals surface area contributed by atoms with E-state index in [2.05, 4.69) is 10.3 Å². The van der Waals surface area contributed by atoms with Gasteiger partial charge in [0.25, 0.3) is 5.91 Å². The first-order valence-corrected chi connectivity index (χ1v) is 7.26. The Morgan fingerprint density at radius 1 is 1.00 bits per heavy atom. The number of benzene rings is 3. The Labute approximate surface area is 138 Å². The van der Waals surface area contributed by atoms with E-state index in [0.29, 0.717) is 11.4 Å². The van der Waals surface area contributed by atoms with E-state index in [1.165, 1.54) is 6.07 Å². The first-order valence-electron chi connectivity index (χ1n) is 7.26. The summed E-state index contributed by atoms with van der Waals surface area (Å²) in [4.78, 5) is 16.4. The lowest BCUT2D eigenvalue weighted by Crippen LogP contribution is -2.36. The number of anilines is 1. The van der Waals surface area contributed by atoms with Crippen molar-refractivity contribution in [2.45, 2.75) is 0 Å². The third kappa shape index (κ3) is 3.27. The van der Waals surface area contributed by atoms with Crippen LogP contribution in [0.15, 0.2) is 65.7 Å². The highest BCUT2D eigenvalue weighted by molar-refractivity contribution is 6.09. The maximum Gasteiger partial charge on any atom is 0.261 e. The minimum absolute atomic E-state index is 0.0719. The monoisotopic (exact) mass is 320 g/mol. The molecule has 1 amide bonds. The van der Waals surface area contributed by atoms with Crippen LogP contribution in [-0.2, 0) is 0 Å². The first kappa shape index (κ1) is 15.4. The number of hydrogen-bond donors (Lipinski definition) is 4. The predicted octanol–water partition coefficient (Wildman–Crippen LogP) is 2.50. The summed E-state index contributed by atoms with van der Waals surface area (Å²) in [5.41, 5.74) is 12.6. The summed E-state index contributed by atoms with van der Waals surface area (Å²) in [5.74, 6) is -0.723. The Hall–Kier alpha value is -3.54. The van der Waals surface area contributed by atoms with E-state index in [1.807, 2.05) is 24.3 Å². The predicted molar refractivity (Wildman–Crippen MR) is 95.2 cm³/mol. The van der Waals surface area contributed by atoms with E-state index in [0.717, 1.165) is 10.8 Å². The van der Waals surface area contributed by atoms with Gasteiger partial charge in [-0.1, -0.05) is 24.3 Å². The molecule has 0 unspecified atom stereocenters. The molecule has 3 rings (SSSR count). The standard InChI is InChI=1S/C18H16N4O2/c19-13-5-7-14(8-6-13)21-18(20)22-17(24)15-9-11-3-1-2-4-12(11)10-16(15)23/h1-10,23H,19H2,(H3,20,21,22,24). The normalized spacial score (nSPS) is 11.4. The Morgan fingerprint density at radius 3 is 2.29 bits per heavy atom. The van der Waals surface area contributed by atoms with E-state index in [-0.39, 0.29) is 17.3 Å².